The van der Waals surface area contributed by atoms with Gasteiger partial charge in [0, 0.05) is 6.42 Å². The lowest BCUT2D eigenvalue weighted by molar-refractivity contribution is -0.119. The van der Waals surface area contributed by atoms with Crippen LogP contribution >= 0.6 is 0 Å². The second-order valence-corrected chi connectivity index (χ2v) is 3.13. The maximum absolute atomic E-state index is 11.3. The lowest BCUT2D eigenvalue weighted by Gasteiger charge is -2.08. The molecule has 1 aromatic rings. The van der Waals surface area contributed by atoms with Crippen LogP contribution in [0.25, 0.3) is 0 Å². The molecule has 1 saturated heterocycles. The number of nitrogens with zero attached hydrogens (tertiary/aromatic N) is 1. The summed E-state index contributed by atoms with van der Waals surface area (Å²) in [5.41, 5.74) is -0.275. The second-order valence-electron chi connectivity index (χ2n) is 3.13. The fourth-order valence-electron chi connectivity index (χ4n) is 1.55. The third kappa shape index (κ3) is 1.34. The smallest absolute Gasteiger partial charge is 0.259 e. The maximum atomic E-state index is 11.3. The van der Waals surface area contributed by atoms with Crippen molar-refractivity contribution in [3.8, 4) is 5.88 Å². The number of hydrogen-bond donors (Lipinski definition) is 3. The molecule has 1 aliphatic rings. The van der Waals surface area contributed by atoms with Crippen LogP contribution in [-0.2, 0) is 4.79 Å². The van der Waals surface area contributed by atoms with Crippen LogP contribution in [0.4, 0.5) is 0 Å². The summed E-state index contributed by atoms with van der Waals surface area (Å²) < 4.78 is 0. The third-order valence-electron chi connectivity index (χ3n) is 2.21. The highest BCUT2D eigenvalue weighted by Crippen LogP contribution is 2.25. The van der Waals surface area contributed by atoms with Gasteiger partial charge in [-0.3, -0.25) is 9.59 Å². The predicted molar refractivity (Wildman–Crippen MR) is 46.6 cm³/mol. The Balaban J connectivity index is 2.41. The van der Waals surface area contributed by atoms with Gasteiger partial charge in [0.15, 0.2) is 0 Å². The number of amides is 1. The summed E-state index contributed by atoms with van der Waals surface area (Å²) in [5.74, 6) is -0.432. The summed E-state index contributed by atoms with van der Waals surface area (Å²) in [6.45, 7) is 0. The number of hydrogen-bond acceptors (Lipinski definition) is 4. The average molecular weight is 195 g/mol. The highest BCUT2D eigenvalue weighted by Gasteiger charge is 2.27. The zero-order valence-electron chi connectivity index (χ0n) is 7.28. The number of aromatic hydroxyl groups is 1. The topological polar surface area (TPSA) is 95.1 Å². The summed E-state index contributed by atoms with van der Waals surface area (Å²) in [5, 5.41) is 11.9. The standard InChI is InChI=1S/C8H9N3O3/c12-5-2-1-4(11-5)6-7(13)9-3-10-8(6)14/h3-4H,1-2H2,(H,11,12)(H2,9,10,13,14). The first-order valence-electron chi connectivity index (χ1n) is 4.24. The van der Waals surface area contributed by atoms with Gasteiger partial charge >= 0.3 is 0 Å². The third-order valence-corrected chi connectivity index (χ3v) is 2.21. The number of rotatable bonds is 1. The van der Waals surface area contributed by atoms with E-state index in [2.05, 4.69) is 15.3 Å². The quantitative estimate of drug-likeness (QED) is 0.559. The molecule has 0 saturated carbocycles. The first-order chi connectivity index (χ1) is 6.68. The van der Waals surface area contributed by atoms with Crippen molar-refractivity contribution in [1.29, 1.82) is 0 Å². The van der Waals surface area contributed by atoms with Gasteiger partial charge in [-0.05, 0) is 6.42 Å². The molecule has 0 radical (unpaired) electrons. The van der Waals surface area contributed by atoms with Crippen molar-refractivity contribution >= 4 is 5.91 Å². The molecule has 6 nitrogen and oxygen atoms in total. The van der Waals surface area contributed by atoms with Gasteiger partial charge in [-0.15, -0.1) is 0 Å². The Bertz CT molecular complexity index is 426. The molecule has 0 spiro atoms. The highest BCUT2D eigenvalue weighted by atomic mass is 16.3. The van der Waals surface area contributed by atoms with Crippen LogP contribution in [0.15, 0.2) is 11.1 Å². The number of aromatic amines is 1. The Labute approximate surface area is 79.0 Å². The summed E-state index contributed by atoms with van der Waals surface area (Å²) in [4.78, 5) is 28.2. The minimum absolute atomic E-state index is 0.113. The molecule has 1 amide bonds. The Morgan fingerprint density at radius 2 is 2.29 bits per heavy atom. The zero-order chi connectivity index (χ0) is 10.1. The summed E-state index contributed by atoms with van der Waals surface area (Å²) in [7, 11) is 0. The van der Waals surface area contributed by atoms with Crippen molar-refractivity contribution in [3.05, 3.63) is 22.2 Å². The van der Waals surface area contributed by atoms with E-state index in [9.17, 15) is 14.7 Å². The molecule has 3 N–H and O–H groups in total. The molecule has 2 heterocycles. The van der Waals surface area contributed by atoms with Gasteiger partial charge < -0.3 is 15.4 Å². The highest BCUT2D eigenvalue weighted by molar-refractivity contribution is 5.78. The molecule has 1 unspecified atom stereocenters. The Morgan fingerprint density at radius 1 is 1.50 bits per heavy atom. The van der Waals surface area contributed by atoms with Crippen LogP contribution in [0.1, 0.15) is 24.4 Å². The number of aromatic nitrogens is 2. The van der Waals surface area contributed by atoms with E-state index < -0.39 is 11.6 Å². The molecule has 2 rings (SSSR count). The van der Waals surface area contributed by atoms with Gasteiger partial charge in [0.1, 0.15) is 5.56 Å². The molecule has 0 aromatic carbocycles. The normalized spacial score (nSPS) is 20.9. The summed E-state index contributed by atoms with van der Waals surface area (Å²) in [6, 6.07) is -0.417. The zero-order valence-corrected chi connectivity index (χ0v) is 7.28. The van der Waals surface area contributed by atoms with Crippen molar-refractivity contribution in [1.82, 2.24) is 15.3 Å². The van der Waals surface area contributed by atoms with E-state index in [-0.39, 0.29) is 17.4 Å². The van der Waals surface area contributed by atoms with Crippen LogP contribution in [0, 0.1) is 0 Å². The minimum Gasteiger partial charge on any atom is -0.493 e. The first-order valence-corrected chi connectivity index (χ1v) is 4.24. The molecule has 0 aliphatic carbocycles. The van der Waals surface area contributed by atoms with Crippen molar-refractivity contribution in [2.75, 3.05) is 0 Å². The van der Waals surface area contributed by atoms with E-state index >= 15 is 0 Å². The Morgan fingerprint density at radius 3 is 2.86 bits per heavy atom. The number of carbonyl (C=O) groups is 1. The van der Waals surface area contributed by atoms with Crippen LogP contribution in [-0.4, -0.2) is 21.0 Å². The van der Waals surface area contributed by atoms with Crippen LogP contribution in [0.5, 0.6) is 5.88 Å². The first kappa shape index (κ1) is 8.74. The minimum atomic E-state index is -0.417. The molecule has 0 bridgehead atoms. The fraction of sp³-hybridized carbons (Fsp3) is 0.375. The van der Waals surface area contributed by atoms with Crippen molar-refractivity contribution < 1.29 is 9.90 Å². The lowest BCUT2D eigenvalue weighted by atomic mass is 10.1. The molecule has 1 fully saturated rings. The molecule has 1 aliphatic heterocycles. The number of carbonyl (C=O) groups excluding carboxylic acids is 1. The fourth-order valence-corrected chi connectivity index (χ4v) is 1.55. The second kappa shape index (κ2) is 3.13. The van der Waals surface area contributed by atoms with E-state index in [1.807, 2.05) is 0 Å². The summed E-state index contributed by atoms with van der Waals surface area (Å²) >= 11 is 0. The van der Waals surface area contributed by atoms with Crippen molar-refractivity contribution in [2.45, 2.75) is 18.9 Å². The Kier molecular flexibility index (Phi) is 1.95. The molecule has 1 atom stereocenters. The van der Waals surface area contributed by atoms with Gasteiger partial charge in [0.05, 0.1) is 12.4 Å². The van der Waals surface area contributed by atoms with E-state index in [4.69, 9.17) is 0 Å². The van der Waals surface area contributed by atoms with Crippen LogP contribution in [0.2, 0.25) is 0 Å². The van der Waals surface area contributed by atoms with E-state index in [1.54, 1.807) is 0 Å². The van der Waals surface area contributed by atoms with Gasteiger partial charge in [-0.1, -0.05) is 0 Å². The monoisotopic (exact) mass is 195 g/mol. The van der Waals surface area contributed by atoms with Crippen LogP contribution in [0.3, 0.4) is 0 Å². The largest absolute Gasteiger partial charge is 0.493 e. The van der Waals surface area contributed by atoms with E-state index in [0.29, 0.717) is 12.8 Å². The molecule has 6 heteroatoms. The van der Waals surface area contributed by atoms with Crippen molar-refractivity contribution in [3.63, 3.8) is 0 Å². The van der Waals surface area contributed by atoms with Gasteiger partial charge in [-0.2, -0.15) is 0 Å². The molecule has 1 aromatic heterocycles. The molecular weight excluding hydrogens is 186 g/mol. The van der Waals surface area contributed by atoms with E-state index in [1.165, 1.54) is 0 Å². The molecule has 74 valence electrons. The Hall–Kier alpha value is -1.85. The summed E-state index contributed by atoms with van der Waals surface area (Å²) in [6.07, 6.45) is 2.01. The van der Waals surface area contributed by atoms with Crippen LogP contribution < -0.4 is 10.9 Å². The molecular formula is C8H9N3O3. The number of nitrogens with one attached hydrogen (secondary N) is 2. The van der Waals surface area contributed by atoms with Gasteiger partial charge in [0.25, 0.3) is 5.56 Å². The molecule has 14 heavy (non-hydrogen) atoms. The maximum Gasteiger partial charge on any atom is 0.259 e. The number of H-pyrrole nitrogens is 1. The SMILES string of the molecule is O=C1CCC(c2c(O)nc[nH]c2=O)N1. The average Bonchev–Trinajstić information content (AvgIpc) is 2.51. The lowest BCUT2D eigenvalue weighted by Crippen LogP contribution is -2.25. The van der Waals surface area contributed by atoms with Gasteiger partial charge in [0.2, 0.25) is 11.8 Å². The van der Waals surface area contributed by atoms with E-state index in [0.717, 1.165) is 6.33 Å². The van der Waals surface area contributed by atoms with Gasteiger partial charge in [-0.25, -0.2) is 4.98 Å². The van der Waals surface area contributed by atoms with Crippen molar-refractivity contribution in [2.24, 2.45) is 0 Å². The predicted octanol–water partition coefficient (Wildman–Crippen LogP) is -0.573.